The number of phenolic OH excluding ortho intramolecular Hbond substituents is 1. The van der Waals surface area contributed by atoms with Crippen molar-refractivity contribution < 1.29 is 19.4 Å². The Morgan fingerprint density at radius 2 is 1.20 bits per heavy atom. The normalized spacial score (nSPS) is 9.07. The molecule has 4 atom stereocenters. The number of carbonyl (C=O) groups excluding carboxylic acids is 2. The van der Waals surface area contributed by atoms with Crippen LogP contribution < -0.4 is 4.74 Å². The van der Waals surface area contributed by atoms with Gasteiger partial charge in [-0.05, 0) is 115 Å². The average Bonchev–Trinajstić information content (AvgIpc) is 3.68. The molecule has 1 N–H and O–H groups in total. The summed E-state index contributed by atoms with van der Waals surface area (Å²) in [6.45, 7) is 5.67. The van der Waals surface area contributed by atoms with Gasteiger partial charge in [-0.15, -0.1) is 6.42 Å². The van der Waals surface area contributed by atoms with Gasteiger partial charge in [-0.1, -0.05) is 41.6 Å². The molecular formula is C34H30N2O4P6. The highest BCUT2D eigenvalue weighted by molar-refractivity contribution is 8.43. The Balaban J connectivity index is 0.000000243. The van der Waals surface area contributed by atoms with Gasteiger partial charge in [0.15, 0.2) is 12.6 Å². The third-order valence-electron chi connectivity index (χ3n) is 5.95. The molecule has 4 aromatic rings. The summed E-state index contributed by atoms with van der Waals surface area (Å²) in [5, 5.41) is 11.5. The number of terminal acetylenes is 1. The first kappa shape index (κ1) is 38.6. The summed E-state index contributed by atoms with van der Waals surface area (Å²) >= 11 is 0. The van der Waals surface area contributed by atoms with Crippen molar-refractivity contribution in [1.82, 2.24) is 8.68 Å². The van der Waals surface area contributed by atoms with E-state index < -0.39 is 14.9 Å². The number of methoxy groups -OCH3 is 1. The first-order chi connectivity index (χ1) is 22.1. The molecule has 0 amide bonds. The van der Waals surface area contributed by atoms with Gasteiger partial charge < -0.3 is 18.5 Å². The molecule has 2 aromatic heterocycles. The van der Waals surface area contributed by atoms with Gasteiger partial charge in [0.05, 0.1) is 29.3 Å². The van der Waals surface area contributed by atoms with Crippen molar-refractivity contribution in [3.63, 3.8) is 0 Å². The fourth-order valence-corrected chi connectivity index (χ4v) is 7.89. The van der Waals surface area contributed by atoms with Crippen molar-refractivity contribution in [3.05, 3.63) is 58.9 Å². The quantitative estimate of drug-likeness (QED) is 0.132. The van der Waals surface area contributed by atoms with Crippen LogP contribution in [-0.2, 0) is 0 Å². The molecule has 0 saturated carbocycles. The summed E-state index contributed by atoms with van der Waals surface area (Å²) in [6.07, 6.45) is 10.4. The number of carbonyl (C=O) groups is 2. The average molecular weight is 716 g/mol. The molecule has 2 aromatic carbocycles. The molecule has 4 rings (SSSR count). The number of aryl methyl sites for hydroxylation is 2. The minimum atomic E-state index is -0.449. The van der Waals surface area contributed by atoms with Crippen molar-refractivity contribution >= 4 is 85.0 Å². The number of benzene rings is 2. The summed E-state index contributed by atoms with van der Waals surface area (Å²) in [7, 11) is 11.8. The van der Waals surface area contributed by atoms with Crippen molar-refractivity contribution in [1.29, 1.82) is 0 Å². The fraction of sp³-hybridized carbons (Fsp3) is 0.118. The number of rotatable bonds is 5. The molecular weight excluding hydrogens is 686 g/mol. The molecule has 0 radical (unpaired) electrons. The Morgan fingerprint density at radius 1 is 0.761 bits per heavy atom. The molecule has 0 aliphatic carbocycles. The Morgan fingerprint density at radius 3 is 1.61 bits per heavy atom. The molecule has 0 bridgehead atoms. The zero-order valence-electron chi connectivity index (χ0n) is 25.5. The minimum Gasteiger partial charge on any atom is -0.507 e. The minimum absolute atomic E-state index is 0.0505. The molecule has 12 heteroatoms. The van der Waals surface area contributed by atoms with Crippen LogP contribution in [-0.4, -0.2) is 33.5 Å². The number of fused-ring (bicyclic) bond motifs is 2. The summed E-state index contributed by atoms with van der Waals surface area (Å²) in [5.41, 5.74) is 5.19. The van der Waals surface area contributed by atoms with Gasteiger partial charge in [-0.25, -0.2) is 0 Å². The largest absolute Gasteiger partial charge is 0.507 e. The van der Waals surface area contributed by atoms with E-state index in [1.165, 1.54) is 0 Å². The molecule has 0 saturated heterocycles. The van der Waals surface area contributed by atoms with Gasteiger partial charge in [0.2, 0.25) is 0 Å². The number of hydrogen-bond donors (Lipinski definition) is 1. The Kier molecular flexibility index (Phi) is 16.6. The second-order valence-corrected chi connectivity index (χ2v) is 21.1. The maximum absolute atomic E-state index is 11.2. The Hall–Kier alpha value is -3.60. The fourth-order valence-electron chi connectivity index (χ4n) is 4.15. The lowest BCUT2D eigenvalue weighted by Crippen LogP contribution is -1.94. The van der Waals surface area contributed by atoms with Crippen molar-refractivity contribution in [2.75, 3.05) is 7.11 Å². The van der Waals surface area contributed by atoms with Gasteiger partial charge in [-0.3, -0.25) is 9.59 Å². The smallest absolute Gasteiger partial charge is 0.154 e. The van der Waals surface area contributed by atoms with E-state index in [1.807, 2.05) is 44.4 Å². The number of ether oxygens (including phenoxy) is 1. The first-order valence-corrected chi connectivity index (χ1v) is 22.0. The van der Waals surface area contributed by atoms with Gasteiger partial charge in [0.1, 0.15) is 11.5 Å². The number of phenols is 1. The van der Waals surface area contributed by atoms with Gasteiger partial charge in [0.25, 0.3) is 0 Å². The number of nitrogens with zero attached hydrogens (tertiary/aromatic N) is 2. The topological polar surface area (TPSA) is 73.5 Å². The standard InChI is InChI=1S/C13H4.C11H14NO2P3.C10H12NO2P3/c1-3-5-7-9-11-13-12-10-8-6-4-2;1-7-5-10(14-2)9(6-13)8-3-4-12(11(7)8)17(15)16;1-6-4-9(13)8(5-12)7-2-3-11(10(6)7)16(14)15/h1H,2H3;3-6H,15-16H2,1-2H3;2-5,13H,14-15H2,1H3. The second-order valence-electron chi connectivity index (χ2n) is 8.80. The predicted octanol–water partition coefficient (Wildman–Crippen LogP) is 7.55. The van der Waals surface area contributed by atoms with Crippen LogP contribution in [0.5, 0.6) is 11.5 Å². The Labute approximate surface area is 282 Å². The summed E-state index contributed by atoms with van der Waals surface area (Å²) < 4.78 is 9.52. The van der Waals surface area contributed by atoms with Gasteiger partial charge in [-0.2, -0.15) is 0 Å². The van der Waals surface area contributed by atoms with Crippen LogP contribution in [0.3, 0.4) is 0 Å². The van der Waals surface area contributed by atoms with E-state index in [0.717, 1.165) is 39.2 Å². The molecule has 0 aliphatic heterocycles. The van der Waals surface area contributed by atoms with Crippen LogP contribution in [0.1, 0.15) is 38.8 Å². The lowest BCUT2D eigenvalue weighted by atomic mass is 10.1. The third-order valence-corrected chi connectivity index (χ3v) is 10.6. The molecule has 2 heterocycles. The van der Waals surface area contributed by atoms with Gasteiger partial charge >= 0.3 is 0 Å². The summed E-state index contributed by atoms with van der Waals surface area (Å²) in [5.74, 6) is 27.6. The van der Waals surface area contributed by atoms with Gasteiger partial charge in [0, 0.05) is 38.1 Å². The third kappa shape index (κ3) is 10.2. The maximum Gasteiger partial charge on any atom is 0.154 e. The highest BCUT2D eigenvalue weighted by Crippen LogP contribution is 2.56. The number of aromatic nitrogens is 2. The molecule has 230 valence electrons. The second kappa shape index (κ2) is 19.8. The SMILES string of the molecule is C#CC#CC#CC#CC#CC#CC.COc1cc(C)c2c(ccn2P(P)P)c1C=O.Cc1cc(O)c(C=O)c2ccn(P(P)P)c12. The first-order valence-electron chi connectivity index (χ1n) is 13.0. The van der Waals surface area contributed by atoms with Crippen molar-refractivity contribution in [2.45, 2.75) is 20.8 Å². The molecule has 6 nitrogen and oxygen atoms in total. The predicted molar refractivity (Wildman–Crippen MR) is 209 cm³/mol. The Bertz CT molecular complexity index is 2130. The van der Waals surface area contributed by atoms with Crippen LogP contribution >= 0.6 is 50.6 Å². The van der Waals surface area contributed by atoms with E-state index in [2.05, 4.69) is 110 Å². The number of aromatic hydroxyl groups is 1. The van der Waals surface area contributed by atoms with Crippen LogP contribution in [0.4, 0.5) is 0 Å². The van der Waals surface area contributed by atoms with E-state index >= 15 is 0 Å². The maximum atomic E-state index is 11.2. The zero-order chi connectivity index (χ0) is 34.2. The van der Waals surface area contributed by atoms with Crippen LogP contribution in [0.25, 0.3) is 21.8 Å². The van der Waals surface area contributed by atoms with Crippen molar-refractivity contribution in [2.24, 2.45) is 0 Å². The lowest BCUT2D eigenvalue weighted by Gasteiger charge is -2.13. The number of aldehydes is 2. The van der Waals surface area contributed by atoms with Crippen LogP contribution in [0.2, 0.25) is 0 Å². The zero-order valence-corrected chi connectivity index (χ0v) is 31.9. The van der Waals surface area contributed by atoms with Crippen LogP contribution in [0, 0.1) is 85.4 Å². The molecule has 0 spiro atoms. The van der Waals surface area contributed by atoms with E-state index in [0.29, 0.717) is 23.2 Å². The highest BCUT2D eigenvalue weighted by atomic mass is 32.4. The highest BCUT2D eigenvalue weighted by Gasteiger charge is 2.15. The monoisotopic (exact) mass is 716 g/mol. The summed E-state index contributed by atoms with van der Waals surface area (Å²) in [4.78, 5) is 22.2. The molecule has 0 fully saturated rings. The van der Waals surface area contributed by atoms with E-state index in [1.54, 1.807) is 20.1 Å². The molecule has 4 unspecified atom stereocenters. The lowest BCUT2D eigenvalue weighted by molar-refractivity contribution is 0.111. The van der Waals surface area contributed by atoms with E-state index in [-0.39, 0.29) is 5.75 Å². The number of hydrogen-bond acceptors (Lipinski definition) is 4. The molecule has 0 aliphatic rings. The van der Waals surface area contributed by atoms with E-state index in [4.69, 9.17) is 11.2 Å². The van der Waals surface area contributed by atoms with E-state index in [9.17, 15) is 14.7 Å². The van der Waals surface area contributed by atoms with Crippen LogP contribution in [0.15, 0.2) is 36.7 Å². The molecule has 46 heavy (non-hydrogen) atoms. The summed E-state index contributed by atoms with van der Waals surface area (Å²) in [6, 6.07) is 7.39. The van der Waals surface area contributed by atoms with Crippen molar-refractivity contribution in [3.8, 4) is 83.0 Å².